The largest absolute Gasteiger partial charge is 0.508 e. The lowest BCUT2D eigenvalue weighted by molar-refractivity contribution is 0.390. The Balaban J connectivity index is 1.89. The van der Waals surface area contributed by atoms with Gasteiger partial charge in [-0.05, 0) is 43.0 Å². The monoisotopic (exact) mass is 196 g/mol. The number of ether oxygens (including phenoxy) is 1. The lowest BCUT2D eigenvalue weighted by Crippen LogP contribution is -1.91. The third kappa shape index (κ3) is 2.45. The molecule has 3 heteroatoms. The van der Waals surface area contributed by atoms with Gasteiger partial charge in [-0.25, -0.2) is 4.39 Å². The van der Waals surface area contributed by atoms with Crippen LogP contribution in [0.15, 0.2) is 18.2 Å². The first kappa shape index (κ1) is 9.46. The van der Waals surface area contributed by atoms with E-state index in [2.05, 4.69) is 0 Å². The van der Waals surface area contributed by atoms with E-state index in [0.717, 1.165) is 19.4 Å². The molecule has 1 fully saturated rings. The number of halogens is 1. The number of aromatic hydroxyl groups is 1. The molecule has 2 rings (SSSR count). The molecule has 0 bridgehead atoms. The predicted octanol–water partition coefficient (Wildman–Crippen LogP) is 2.25. The third-order valence-electron chi connectivity index (χ3n) is 2.42. The Labute approximate surface area is 82.3 Å². The number of phenolic OH excluding ortho intramolecular Hbond substituents is 1. The van der Waals surface area contributed by atoms with Gasteiger partial charge in [0.1, 0.15) is 11.6 Å². The van der Waals surface area contributed by atoms with E-state index in [-0.39, 0.29) is 11.6 Å². The van der Waals surface area contributed by atoms with Crippen molar-refractivity contribution in [1.29, 1.82) is 0 Å². The van der Waals surface area contributed by atoms with Crippen LogP contribution in [-0.4, -0.2) is 17.8 Å². The van der Waals surface area contributed by atoms with Gasteiger partial charge in [0.25, 0.3) is 0 Å². The first-order valence-electron chi connectivity index (χ1n) is 4.85. The van der Waals surface area contributed by atoms with Crippen LogP contribution in [0.25, 0.3) is 0 Å². The Kier molecular flexibility index (Phi) is 2.68. The molecule has 1 heterocycles. The van der Waals surface area contributed by atoms with Gasteiger partial charge in [-0.15, -0.1) is 0 Å². The number of hydrogen-bond acceptors (Lipinski definition) is 2. The zero-order valence-corrected chi connectivity index (χ0v) is 7.87. The van der Waals surface area contributed by atoms with Crippen molar-refractivity contribution in [3.63, 3.8) is 0 Å². The second-order valence-electron chi connectivity index (χ2n) is 3.62. The van der Waals surface area contributed by atoms with Crippen LogP contribution in [0.5, 0.6) is 5.75 Å². The van der Waals surface area contributed by atoms with E-state index in [9.17, 15) is 9.50 Å². The van der Waals surface area contributed by atoms with Gasteiger partial charge in [-0.3, -0.25) is 0 Å². The summed E-state index contributed by atoms with van der Waals surface area (Å²) in [6.07, 6.45) is 3.05. The highest BCUT2D eigenvalue weighted by Gasteiger charge is 2.21. The molecule has 0 spiro atoms. The zero-order chi connectivity index (χ0) is 9.97. The predicted molar refractivity (Wildman–Crippen MR) is 50.7 cm³/mol. The van der Waals surface area contributed by atoms with Crippen molar-refractivity contribution in [3.8, 4) is 5.75 Å². The van der Waals surface area contributed by atoms with E-state index < -0.39 is 0 Å². The molecule has 1 aliphatic rings. The summed E-state index contributed by atoms with van der Waals surface area (Å²) in [4.78, 5) is 0. The molecule has 0 radical (unpaired) electrons. The number of phenols is 1. The normalized spacial score (nSPS) is 19.6. The van der Waals surface area contributed by atoms with E-state index in [0.29, 0.717) is 18.1 Å². The molecule has 0 amide bonds. The Morgan fingerprint density at radius 1 is 1.50 bits per heavy atom. The quantitative estimate of drug-likeness (QED) is 0.749. The molecular weight excluding hydrogens is 183 g/mol. The first-order valence-corrected chi connectivity index (χ1v) is 4.85. The van der Waals surface area contributed by atoms with Crippen LogP contribution < -0.4 is 0 Å². The second-order valence-corrected chi connectivity index (χ2v) is 3.62. The van der Waals surface area contributed by atoms with Crippen LogP contribution in [0.3, 0.4) is 0 Å². The van der Waals surface area contributed by atoms with Gasteiger partial charge in [-0.2, -0.15) is 0 Å². The number of benzene rings is 1. The standard InChI is InChI=1S/C11H13FO2/c12-9-4-5-11(13)8(6-9)2-1-3-10-7-14-10/h4-6,10,13H,1-3,7H2. The van der Waals surface area contributed by atoms with Gasteiger partial charge < -0.3 is 9.84 Å². The number of aryl methyl sites for hydroxylation is 1. The number of hydrogen-bond donors (Lipinski definition) is 1. The lowest BCUT2D eigenvalue weighted by Gasteiger charge is -2.03. The Bertz CT molecular complexity index is 321. The first-order chi connectivity index (χ1) is 6.75. The Morgan fingerprint density at radius 2 is 2.29 bits per heavy atom. The van der Waals surface area contributed by atoms with E-state index >= 15 is 0 Å². The van der Waals surface area contributed by atoms with Crippen LogP contribution in [0.4, 0.5) is 4.39 Å². The summed E-state index contributed by atoms with van der Waals surface area (Å²) in [5.74, 6) is -0.108. The maximum Gasteiger partial charge on any atom is 0.123 e. The average molecular weight is 196 g/mol. The summed E-state index contributed by atoms with van der Waals surface area (Å²) >= 11 is 0. The molecule has 0 saturated carbocycles. The van der Waals surface area contributed by atoms with Crippen molar-refractivity contribution in [2.24, 2.45) is 0 Å². The van der Waals surface area contributed by atoms with E-state index in [1.54, 1.807) is 0 Å². The van der Waals surface area contributed by atoms with E-state index in [1.165, 1.54) is 18.2 Å². The fourth-order valence-corrected chi connectivity index (χ4v) is 1.51. The minimum Gasteiger partial charge on any atom is -0.508 e. The summed E-state index contributed by atoms with van der Waals surface area (Å²) in [5, 5.41) is 9.42. The zero-order valence-electron chi connectivity index (χ0n) is 7.87. The maximum atomic E-state index is 12.8. The molecule has 0 aliphatic carbocycles. The van der Waals surface area contributed by atoms with E-state index in [4.69, 9.17) is 4.74 Å². The van der Waals surface area contributed by atoms with Crippen molar-refractivity contribution < 1.29 is 14.2 Å². The molecule has 1 aromatic rings. The summed E-state index contributed by atoms with van der Waals surface area (Å²) in [6.45, 7) is 0.856. The minimum atomic E-state index is -0.291. The average Bonchev–Trinajstić information content (AvgIpc) is 2.95. The maximum absolute atomic E-state index is 12.8. The molecular formula is C11H13FO2. The van der Waals surface area contributed by atoms with Gasteiger partial charge in [0.2, 0.25) is 0 Å². The van der Waals surface area contributed by atoms with Gasteiger partial charge in [0.05, 0.1) is 12.7 Å². The van der Waals surface area contributed by atoms with Crippen molar-refractivity contribution in [3.05, 3.63) is 29.6 Å². The third-order valence-corrected chi connectivity index (χ3v) is 2.42. The van der Waals surface area contributed by atoms with Crippen LogP contribution in [-0.2, 0) is 11.2 Å². The molecule has 76 valence electrons. The van der Waals surface area contributed by atoms with Crippen LogP contribution in [0, 0.1) is 5.82 Å². The lowest BCUT2D eigenvalue weighted by atomic mass is 10.1. The van der Waals surface area contributed by atoms with Crippen LogP contribution in [0.1, 0.15) is 18.4 Å². The van der Waals surface area contributed by atoms with Crippen molar-refractivity contribution >= 4 is 0 Å². The fourth-order valence-electron chi connectivity index (χ4n) is 1.51. The van der Waals surface area contributed by atoms with Crippen molar-refractivity contribution in [1.82, 2.24) is 0 Å². The number of epoxide rings is 1. The van der Waals surface area contributed by atoms with Crippen LogP contribution in [0.2, 0.25) is 0 Å². The van der Waals surface area contributed by atoms with Gasteiger partial charge in [0.15, 0.2) is 0 Å². The summed E-state index contributed by atoms with van der Waals surface area (Å²) < 4.78 is 17.9. The van der Waals surface area contributed by atoms with Crippen molar-refractivity contribution in [2.45, 2.75) is 25.4 Å². The molecule has 1 unspecified atom stereocenters. The summed E-state index contributed by atoms with van der Waals surface area (Å²) in [6, 6.07) is 4.06. The smallest absolute Gasteiger partial charge is 0.123 e. The second kappa shape index (κ2) is 3.96. The fraction of sp³-hybridized carbons (Fsp3) is 0.455. The van der Waals surface area contributed by atoms with Crippen LogP contribution >= 0.6 is 0 Å². The van der Waals surface area contributed by atoms with Crippen molar-refractivity contribution in [2.75, 3.05) is 6.61 Å². The highest BCUT2D eigenvalue weighted by molar-refractivity contribution is 5.32. The molecule has 1 saturated heterocycles. The minimum absolute atomic E-state index is 0.183. The highest BCUT2D eigenvalue weighted by atomic mass is 19.1. The van der Waals surface area contributed by atoms with E-state index in [1.807, 2.05) is 0 Å². The highest BCUT2D eigenvalue weighted by Crippen LogP contribution is 2.22. The van der Waals surface area contributed by atoms with Gasteiger partial charge >= 0.3 is 0 Å². The molecule has 0 aromatic heterocycles. The number of rotatable bonds is 4. The summed E-state index contributed by atoms with van der Waals surface area (Å²) in [5.41, 5.74) is 0.686. The van der Waals surface area contributed by atoms with Gasteiger partial charge in [-0.1, -0.05) is 0 Å². The SMILES string of the molecule is Oc1ccc(F)cc1CCCC1CO1. The topological polar surface area (TPSA) is 32.8 Å². The molecule has 1 aromatic carbocycles. The molecule has 14 heavy (non-hydrogen) atoms. The molecule has 2 nitrogen and oxygen atoms in total. The Morgan fingerprint density at radius 3 is 3.00 bits per heavy atom. The Hall–Kier alpha value is -1.09. The van der Waals surface area contributed by atoms with Gasteiger partial charge in [0, 0.05) is 0 Å². The molecule has 1 atom stereocenters. The molecule has 1 N–H and O–H groups in total. The summed E-state index contributed by atoms with van der Waals surface area (Å²) in [7, 11) is 0. The molecule has 1 aliphatic heterocycles.